The van der Waals surface area contributed by atoms with Gasteiger partial charge in [0.2, 0.25) is 0 Å². The van der Waals surface area contributed by atoms with Crippen LogP contribution in [-0.4, -0.2) is 0 Å². The molecule has 20 heavy (non-hydrogen) atoms. The van der Waals surface area contributed by atoms with Gasteiger partial charge in [-0.25, -0.2) is 8.78 Å². The topological polar surface area (TPSA) is 0 Å². The second kappa shape index (κ2) is 5.17. The predicted octanol–water partition coefficient (Wildman–Crippen LogP) is 5.89. The Balaban J connectivity index is 2.71. The molecule has 0 spiro atoms. The second-order valence-electron chi connectivity index (χ2n) is 6.01. The SMILES string of the molecule is Cc1cc(-c2cccc(Cl)c2F)cc(C(C)(C)C)c1F. The highest BCUT2D eigenvalue weighted by Gasteiger charge is 2.21. The van der Waals surface area contributed by atoms with Crippen LogP contribution in [0.2, 0.25) is 5.02 Å². The molecule has 0 aliphatic heterocycles. The van der Waals surface area contributed by atoms with Crippen LogP contribution in [0.4, 0.5) is 8.78 Å². The number of halogens is 3. The van der Waals surface area contributed by atoms with Crippen LogP contribution in [0.15, 0.2) is 30.3 Å². The van der Waals surface area contributed by atoms with Gasteiger partial charge in [0, 0.05) is 5.56 Å². The fourth-order valence-electron chi connectivity index (χ4n) is 2.20. The highest BCUT2D eigenvalue weighted by molar-refractivity contribution is 6.31. The van der Waals surface area contributed by atoms with Gasteiger partial charge in [-0.1, -0.05) is 44.5 Å². The van der Waals surface area contributed by atoms with Crippen LogP contribution in [-0.2, 0) is 5.41 Å². The summed E-state index contributed by atoms with van der Waals surface area (Å²) in [6.07, 6.45) is 0. The van der Waals surface area contributed by atoms with Crippen molar-refractivity contribution < 1.29 is 8.78 Å². The van der Waals surface area contributed by atoms with Gasteiger partial charge in [-0.3, -0.25) is 0 Å². The maximum absolute atomic E-state index is 14.3. The van der Waals surface area contributed by atoms with E-state index in [4.69, 9.17) is 11.6 Å². The summed E-state index contributed by atoms with van der Waals surface area (Å²) in [5, 5.41) is 0.0711. The van der Waals surface area contributed by atoms with Crippen LogP contribution in [0.5, 0.6) is 0 Å². The van der Waals surface area contributed by atoms with Gasteiger partial charge in [0.15, 0.2) is 0 Å². The molecule has 0 bridgehead atoms. The Morgan fingerprint density at radius 2 is 1.65 bits per heavy atom. The number of hydrogen-bond donors (Lipinski definition) is 0. The Hall–Kier alpha value is -1.41. The summed E-state index contributed by atoms with van der Waals surface area (Å²) in [5.41, 5.74) is 1.78. The molecule has 0 heterocycles. The Bertz CT molecular complexity index is 655. The summed E-state index contributed by atoms with van der Waals surface area (Å²) in [7, 11) is 0. The first-order valence-corrected chi connectivity index (χ1v) is 6.84. The quantitative estimate of drug-likeness (QED) is 0.615. The molecule has 0 aliphatic rings. The van der Waals surface area contributed by atoms with E-state index in [-0.39, 0.29) is 16.3 Å². The molecule has 3 heteroatoms. The molecule has 0 saturated heterocycles. The lowest BCUT2D eigenvalue weighted by Crippen LogP contribution is -2.14. The third kappa shape index (κ3) is 2.71. The van der Waals surface area contributed by atoms with Crippen molar-refractivity contribution in [3.63, 3.8) is 0 Å². The van der Waals surface area contributed by atoms with Gasteiger partial charge >= 0.3 is 0 Å². The van der Waals surface area contributed by atoms with Gasteiger partial charge in [0.05, 0.1) is 5.02 Å². The van der Waals surface area contributed by atoms with E-state index in [2.05, 4.69) is 0 Å². The zero-order valence-electron chi connectivity index (χ0n) is 12.0. The first-order valence-electron chi connectivity index (χ1n) is 6.47. The van der Waals surface area contributed by atoms with Crippen LogP contribution in [0.3, 0.4) is 0 Å². The van der Waals surface area contributed by atoms with Crippen molar-refractivity contribution in [2.75, 3.05) is 0 Å². The zero-order valence-corrected chi connectivity index (χ0v) is 12.8. The first kappa shape index (κ1) is 15.0. The number of rotatable bonds is 1. The second-order valence-corrected chi connectivity index (χ2v) is 6.41. The lowest BCUT2D eigenvalue weighted by Gasteiger charge is -2.22. The van der Waals surface area contributed by atoms with E-state index < -0.39 is 5.82 Å². The molecule has 0 aromatic heterocycles. The van der Waals surface area contributed by atoms with E-state index in [1.165, 1.54) is 6.07 Å². The van der Waals surface area contributed by atoms with Crippen LogP contribution < -0.4 is 0 Å². The molecule has 2 aromatic carbocycles. The van der Waals surface area contributed by atoms with Gasteiger partial charge in [-0.05, 0) is 47.2 Å². The molecular formula is C17H17ClF2. The van der Waals surface area contributed by atoms with Crippen molar-refractivity contribution in [2.45, 2.75) is 33.1 Å². The van der Waals surface area contributed by atoms with Gasteiger partial charge in [-0.15, -0.1) is 0 Å². The van der Waals surface area contributed by atoms with Crippen molar-refractivity contribution in [3.8, 4) is 11.1 Å². The van der Waals surface area contributed by atoms with Gasteiger partial charge in [0.1, 0.15) is 11.6 Å². The predicted molar refractivity (Wildman–Crippen MR) is 80.2 cm³/mol. The average molecular weight is 295 g/mol. The Morgan fingerprint density at radius 1 is 1.00 bits per heavy atom. The van der Waals surface area contributed by atoms with E-state index in [0.29, 0.717) is 22.3 Å². The number of benzene rings is 2. The number of hydrogen-bond acceptors (Lipinski definition) is 0. The van der Waals surface area contributed by atoms with Gasteiger partial charge < -0.3 is 0 Å². The lowest BCUT2D eigenvalue weighted by atomic mass is 9.83. The molecule has 2 rings (SSSR count). The van der Waals surface area contributed by atoms with Crippen molar-refractivity contribution in [1.29, 1.82) is 0 Å². The monoisotopic (exact) mass is 294 g/mol. The first-order chi connectivity index (χ1) is 9.21. The summed E-state index contributed by atoms with van der Waals surface area (Å²) in [6, 6.07) is 8.20. The molecule has 2 aromatic rings. The number of aryl methyl sites for hydroxylation is 1. The van der Waals surface area contributed by atoms with Crippen molar-refractivity contribution in [3.05, 3.63) is 58.1 Å². The molecule has 0 amide bonds. The van der Waals surface area contributed by atoms with Crippen LogP contribution in [0.25, 0.3) is 11.1 Å². The van der Waals surface area contributed by atoms with Gasteiger partial charge in [-0.2, -0.15) is 0 Å². The molecule has 0 fully saturated rings. The molecular weight excluding hydrogens is 278 g/mol. The maximum atomic E-state index is 14.3. The molecule has 0 atom stereocenters. The zero-order chi connectivity index (χ0) is 15.1. The fraction of sp³-hybridized carbons (Fsp3) is 0.294. The van der Waals surface area contributed by atoms with Crippen LogP contribution in [0.1, 0.15) is 31.9 Å². The smallest absolute Gasteiger partial charge is 0.149 e. The van der Waals surface area contributed by atoms with E-state index >= 15 is 0 Å². The lowest BCUT2D eigenvalue weighted by molar-refractivity contribution is 0.518. The van der Waals surface area contributed by atoms with E-state index in [9.17, 15) is 8.78 Å². The molecule has 0 saturated carbocycles. The molecule has 0 N–H and O–H groups in total. The summed E-state index contributed by atoms with van der Waals surface area (Å²) in [6.45, 7) is 7.49. The standard InChI is InChI=1S/C17H17ClF2/c1-10-8-11(9-13(15(10)19)17(2,3)4)12-6-5-7-14(18)16(12)20/h5-9H,1-4H3. The van der Waals surface area contributed by atoms with E-state index in [1.807, 2.05) is 20.8 Å². The summed E-state index contributed by atoms with van der Waals surface area (Å²) < 4.78 is 28.4. The summed E-state index contributed by atoms with van der Waals surface area (Å²) >= 11 is 5.82. The third-order valence-electron chi connectivity index (χ3n) is 3.33. The fourth-order valence-corrected chi connectivity index (χ4v) is 2.37. The molecule has 106 valence electrons. The Labute approximate surface area is 123 Å². The molecule has 0 nitrogen and oxygen atoms in total. The minimum Gasteiger partial charge on any atom is -0.206 e. The van der Waals surface area contributed by atoms with E-state index in [1.54, 1.807) is 31.2 Å². The largest absolute Gasteiger partial charge is 0.206 e. The summed E-state index contributed by atoms with van der Waals surface area (Å²) in [4.78, 5) is 0. The normalized spacial score (nSPS) is 11.8. The third-order valence-corrected chi connectivity index (χ3v) is 3.62. The van der Waals surface area contributed by atoms with Crippen molar-refractivity contribution >= 4 is 11.6 Å². The van der Waals surface area contributed by atoms with Crippen molar-refractivity contribution in [2.24, 2.45) is 0 Å². The highest BCUT2D eigenvalue weighted by atomic mass is 35.5. The minimum atomic E-state index is -0.472. The van der Waals surface area contributed by atoms with Crippen LogP contribution in [0, 0.1) is 18.6 Å². The molecule has 0 aliphatic carbocycles. The van der Waals surface area contributed by atoms with Crippen LogP contribution >= 0.6 is 11.6 Å². The van der Waals surface area contributed by atoms with Crippen molar-refractivity contribution in [1.82, 2.24) is 0 Å². The van der Waals surface area contributed by atoms with Gasteiger partial charge in [0.25, 0.3) is 0 Å². The maximum Gasteiger partial charge on any atom is 0.149 e. The highest BCUT2D eigenvalue weighted by Crippen LogP contribution is 2.34. The molecule has 0 unspecified atom stereocenters. The summed E-state index contributed by atoms with van der Waals surface area (Å²) in [5.74, 6) is -0.705. The Morgan fingerprint density at radius 3 is 2.25 bits per heavy atom. The van der Waals surface area contributed by atoms with E-state index in [0.717, 1.165) is 0 Å². The average Bonchev–Trinajstić information content (AvgIpc) is 2.34. The minimum absolute atomic E-state index is 0.0711. The Kier molecular flexibility index (Phi) is 3.88. The molecule has 0 radical (unpaired) electrons.